The highest BCUT2D eigenvalue weighted by atomic mass is 16.5. The third-order valence-corrected chi connectivity index (χ3v) is 2.32. The van der Waals surface area contributed by atoms with E-state index < -0.39 is 0 Å². The summed E-state index contributed by atoms with van der Waals surface area (Å²) in [7, 11) is 1.67. The van der Waals surface area contributed by atoms with Gasteiger partial charge in [0.25, 0.3) is 5.56 Å². The lowest BCUT2D eigenvalue weighted by atomic mass is 10.4. The van der Waals surface area contributed by atoms with Gasteiger partial charge in [0.05, 0.1) is 6.61 Å². The highest BCUT2D eigenvalue weighted by Gasteiger charge is 2.01. The van der Waals surface area contributed by atoms with Gasteiger partial charge in [0.15, 0.2) is 0 Å². The maximum Gasteiger partial charge on any atom is 0.253 e. The van der Waals surface area contributed by atoms with Gasteiger partial charge >= 0.3 is 0 Å². The molecule has 0 aliphatic rings. The van der Waals surface area contributed by atoms with Crippen molar-refractivity contribution >= 4 is 0 Å². The van der Waals surface area contributed by atoms with Crippen molar-refractivity contribution in [3.8, 4) is 0 Å². The molecule has 0 atom stereocenters. The molecule has 0 aromatic carbocycles. The van der Waals surface area contributed by atoms with Crippen LogP contribution in [-0.2, 0) is 11.3 Å². The fourth-order valence-corrected chi connectivity index (χ4v) is 1.53. The molecule has 1 heterocycles. The monoisotopic (exact) mass is 225 g/mol. The molecule has 1 aromatic heterocycles. The number of nitrogens with zero attached hydrogens (tertiary/aromatic N) is 2. The minimum atomic E-state index is 0.0125. The minimum Gasteiger partial charge on any atom is -0.383 e. The Kier molecular flexibility index (Phi) is 5.14. The number of rotatable bonds is 6. The van der Waals surface area contributed by atoms with Gasteiger partial charge in [-0.15, -0.1) is 0 Å². The van der Waals surface area contributed by atoms with Crippen LogP contribution in [0.1, 0.15) is 11.5 Å². The van der Waals surface area contributed by atoms with E-state index >= 15 is 0 Å². The Hall–Kier alpha value is -1.20. The van der Waals surface area contributed by atoms with Crippen molar-refractivity contribution in [1.29, 1.82) is 0 Å². The van der Waals surface area contributed by atoms with Gasteiger partial charge in [-0.2, -0.15) is 0 Å². The van der Waals surface area contributed by atoms with Crippen molar-refractivity contribution in [2.45, 2.75) is 20.4 Å². The van der Waals surface area contributed by atoms with Crippen LogP contribution in [0.2, 0.25) is 0 Å². The maximum absolute atomic E-state index is 11.7. The predicted octanol–water partition coefficient (Wildman–Crippen LogP) is 0.0961. The third-order valence-electron chi connectivity index (χ3n) is 2.32. The zero-order valence-corrected chi connectivity index (χ0v) is 10.1. The van der Waals surface area contributed by atoms with Crippen LogP contribution >= 0.6 is 0 Å². The molecule has 0 radical (unpaired) electrons. The second-order valence-electron chi connectivity index (χ2n) is 3.68. The lowest BCUT2D eigenvalue weighted by Crippen LogP contribution is -2.30. The van der Waals surface area contributed by atoms with Crippen LogP contribution in [-0.4, -0.2) is 36.4 Å². The number of methoxy groups -OCH3 is 1. The van der Waals surface area contributed by atoms with E-state index in [-0.39, 0.29) is 5.56 Å². The first-order chi connectivity index (χ1) is 7.65. The number of ether oxygens (including phenoxy) is 1. The summed E-state index contributed by atoms with van der Waals surface area (Å²) in [6, 6.07) is 1.56. The zero-order valence-electron chi connectivity index (χ0n) is 10.1. The average molecular weight is 225 g/mol. The summed E-state index contributed by atoms with van der Waals surface area (Å²) in [5, 5.41) is 3.19. The van der Waals surface area contributed by atoms with Gasteiger partial charge in [0.1, 0.15) is 5.82 Å². The van der Waals surface area contributed by atoms with E-state index in [0.717, 1.165) is 24.6 Å². The largest absolute Gasteiger partial charge is 0.383 e. The van der Waals surface area contributed by atoms with Crippen LogP contribution in [0.25, 0.3) is 0 Å². The van der Waals surface area contributed by atoms with Gasteiger partial charge in [0, 0.05) is 38.5 Å². The van der Waals surface area contributed by atoms with Crippen LogP contribution in [0.3, 0.4) is 0 Å². The molecule has 0 spiro atoms. The zero-order chi connectivity index (χ0) is 12.0. The van der Waals surface area contributed by atoms with E-state index in [1.165, 1.54) is 0 Å². The molecule has 5 heteroatoms. The molecule has 1 aromatic rings. The fraction of sp³-hybridized carbons (Fsp3) is 0.636. The van der Waals surface area contributed by atoms with E-state index in [4.69, 9.17) is 4.74 Å². The maximum atomic E-state index is 11.7. The van der Waals surface area contributed by atoms with Crippen molar-refractivity contribution < 1.29 is 4.74 Å². The topological polar surface area (TPSA) is 56.1 Å². The number of aromatic nitrogens is 2. The Labute approximate surface area is 95.5 Å². The van der Waals surface area contributed by atoms with Crippen LogP contribution in [0.4, 0.5) is 0 Å². The first-order valence-corrected chi connectivity index (χ1v) is 5.40. The molecule has 0 aliphatic carbocycles. The summed E-state index contributed by atoms with van der Waals surface area (Å²) in [6.45, 7) is 6.54. The van der Waals surface area contributed by atoms with E-state index in [0.29, 0.717) is 13.2 Å². The molecule has 1 N–H and O–H groups in total. The summed E-state index contributed by atoms with van der Waals surface area (Å²) in [5.41, 5.74) is 0.782. The first kappa shape index (κ1) is 12.9. The molecular weight excluding hydrogens is 206 g/mol. The highest BCUT2D eigenvalue weighted by Crippen LogP contribution is 1.92. The van der Waals surface area contributed by atoms with Crippen molar-refractivity contribution in [1.82, 2.24) is 14.9 Å². The normalized spacial score (nSPS) is 10.7. The second kappa shape index (κ2) is 6.40. The van der Waals surface area contributed by atoms with Crippen LogP contribution in [0.15, 0.2) is 10.9 Å². The highest BCUT2D eigenvalue weighted by molar-refractivity contribution is 5.01. The molecule has 1 rings (SSSR count). The van der Waals surface area contributed by atoms with Gasteiger partial charge in [0.2, 0.25) is 0 Å². The Morgan fingerprint density at radius 2 is 2.19 bits per heavy atom. The molecule has 16 heavy (non-hydrogen) atoms. The molecule has 0 aliphatic heterocycles. The summed E-state index contributed by atoms with van der Waals surface area (Å²) in [4.78, 5) is 15.9. The number of aryl methyl sites for hydroxylation is 2. The summed E-state index contributed by atoms with van der Waals surface area (Å²) >= 11 is 0. The molecule has 5 nitrogen and oxygen atoms in total. The fourth-order valence-electron chi connectivity index (χ4n) is 1.53. The van der Waals surface area contributed by atoms with Crippen LogP contribution in [0, 0.1) is 13.8 Å². The van der Waals surface area contributed by atoms with Gasteiger partial charge in [-0.3, -0.25) is 9.36 Å². The minimum absolute atomic E-state index is 0.0125. The molecule has 0 amide bonds. The summed E-state index contributed by atoms with van der Waals surface area (Å²) < 4.78 is 6.59. The Bertz CT molecular complexity index is 387. The lowest BCUT2D eigenvalue weighted by molar-refractivity contribution is 0.199. The molecule has 0 bridgehead atoms. The molecule has 90 valence electrons. The number of hydrogen-bond acceptors (Lipinski definition) is 4. The lowest BCUT2D eigenvalue weighted by Gasteiger charge is -2.10. The molecular formula is C11H19N3O2. The van der Waals surface area contributed by atoms with E-state index in [1.54, 1.807) is 17.7 Å². The predicted molar refractivity (Wildman–Crippen MR) is 62.7 cm³/mol. The van der Waals surface area contributed by atoms with Crippen LogP contribution < -0.4 is 10.9 Å². The Morgan fingerprint density at radius 1 is 1.44 bits per heavy atom. The summed E-state index contributed by atoms with van der Waals surface area (Å²) in [6.07, 6.45) is 0. The standard InChI is InChI=1S/C11H19N3O2/c1-9-8-11(15)14(10(2)13-9)6-4-12-5-7-16-3/h8,12H,4-7H2,1-3H3. The van der Waals surface area contributed by atoms with E-state index in [9.17, 15) is 4.79 Å². The number of nitrogens with one attached hydrogen (secondary N) is 1. The van der Waals surface area contributed by atoms with E-state index in [2.05, 4.69) is 10.3 Å². The van der Waals surface area contributed by atoms with Crippen molar-refractivity contribution in [3.63, 3.8) is 0 Å². The molecule has 0 unspecified atom stereocenters. The van der Waals surface area contributed by atoms with Crippen LogP contribution in [0.5, 0.6) is 0 Å². The van der Waals surface area contributed by atoms with Gasteiger partial charge in [-0.1, -0.05) is 0 Å². The van der Waals surface area contributed by atoms with Gasteiger partial charge in [-0.25, -0.2) is 4.98 Å². The quantitative estimate of drug-likeness (QED) is 0.697. The van der Waals surface area contributed by atoms with E-state index in [1.807, 2.05) is 13.8 Å². The molecule has 0 saturated heterocycles. The Morgan fingerprint density at radius 3 is 2.81 bits per heavy atom. The molecule has 0 saturated carbocycles. The van der Waals surface area contributed by atoms with Gasteiger partial charge in [-0.05, 0) is 13.8 Å². The number of hydrogen-bond donors (Lipinski definition) is 1. The SMILES string of the molecule is COCCNCCn1c(C)nc(C)cc1=O. The third kappa shape index (κ3) is 3.75. The second-order valence-corrected chi connectivity index (χ2v) is 3.68. The van der Waals surface area contributed by atoms with Crippen molar-refractivity contribution in [3.05, 3.63) is 27.9 Å². The average Bonchev–Trinajstić information content (AvgIpc) is 2.20. The molecule has 0 fully saturated rings. The van der Waals surface area contributed by atoms with Gasteiger partial charge < -0.3 is 10.1 Å². The Balaban J connectivity index is 2.51. The first-order valence-electron chi connectivity index (χ1n) is 5.40. The smallest absolute Gasteiger partial charge is 0.253 e. The van der Waals surface area contributed by atoms with Crippen molar-refractivity contribution in [2.75, 3.05) is 26.8 Å². The summed E-state index contributed by atoms with van der Waals surface area (Å²) in [5.74, 6) is 0.763. The van der Waals surface area contributed by atoms with Crippen molar-refractivity contribution in [2.24, 2.45) is 0 Å².